The van der Waals surface area contributed by atoms with Gasteiger partial charge in [-0.25, -0.2) is 9.98 Å². The first-order valence-electron chi connectivity index (χ1n) is 32.9. The van der Waals surface area contributed by atoms with Crippen molar-refractivity contribution in [2.75, 3.05) is 0 Å². The molecule has 0 unspecified atom stereocenters. The second-order valence-electron chi connectivity index (χ2n) is 30.4. The molecule has 440 valence electrons. The Kier molecular flexibility index (Phi) is 10.6. The highest BCUT2D eigenvalue weighted by atomic mass is 14.9. The van der Waals surface area contributed by atoms with Gasteiger partial charge in [0.25, 0.3) is 0 Å². The molecule has 0 saturated heterocycles. The zero-order valence-corrected chi connectivity index (χ0v) is 54.7. The third-order valence-corrected chi connectivity index (χ3v) is 23.5. The quantitative estimate of drug-likeness (QED) is 0.124. The molecule has 0 amide bonds. The lowest BCUT2D eigenvalue weighted by molar-refractivity contribution is 0.601. The summed E-state index contributed by atoms with van der Waals surface area (Å²) in [5.74, 6) is 0.653. The van der Waals surface area contributed by atoms with Crippen LogP contribution in [0.1, 0.15) is 173 Å². The van der Waals surface area contributed by atoms with E-state index in [2.05, 4.69) is 290 Å². The standard InChI is InChI=1S/C89H74N2/c1-48(65-45-71-74(56-33-18-15-27-50(56)65)62-42-39-59-53-30-21-24-36-68(53)84(3,4)77(59)80(62)87(71,9)10)90-83(67-47-73-76(58-35-20-17-29-52(58)67)64-44-41-61-55-32-23-26-38-70(55)86(7,8)79(61)82(64)89(73,13)14)91-49(2)66-46-72-75(57-34-19-16-28-51(57)66)63-43-40-60-54-31-22-25-37-69(54)85(5,6)78(60)81(63)88(72,11)12/h15-47H,1H2,2-14H3. The average Bonchev–Trinajstić information content (AvgIpc) is 1.54. The van der Waals surface area contributed by atoms with Crippen LogP contribution in [-0.4, -0.2) is 11.5 Å². The Morgan fingerprint density at radius 1 is 0.264 bits per heavy atom. The predicted octanol–water partition coefficient (Wildman–Crippen LogP) is 22.9. The van der Waals surface area contributed by atoms with E-state index in [-0.39, 0.29) is 32.5 Å². The summed E-state index contributed by atoms with van der Waals surface area (Å²) in [4.78, 5) is 12.0. The predicted molar refractivity (Wildman–Crippen MR) is 385 cm³/mol. The summed E-state index contributed by atoms with van der Waals surface area (Å²) >= 11 is 0. The molecule has 0 atom stereocenters. The maximum absolute atomic E-state index is 6.04. The van der Waals surface area contributed by atoms with Crippen molar-refractivity contribution in [1.82, 2.24) is 0 Å². The highest BCUT2D eigenvalue weighted by molar-refractivity contribution is 6.24. The van der Waals surface area contributed by atoms with Gasteiger partial charge in [-0.3, -0.25) is 0 Å². The smallest absolute Gasteiger partial charge is 0.160 e. The molecule has 18 rings (SSSR count). The molecule has 0 fully saturated rings. The van der Waals surface area contributed by atoms with E-state index in [1.165, 1.54) is 155 Å². The molecule has 6 aliphatic carbocycles. The number of aliphatic imine (C=N–C) groups is 2. The Morgan fingerprint density at radius 3 is 0.901 bits per heavy atom. The molecule has 2 heteroatoms. The zero-order valence-electron chi connectivity index (χ0n) is 54.7. The fourth-order valence-corrected chi connectivity index (χ4v) is 19.3. The molecule has 2 nitrogen and oxygen atoms in total. The lowest BCUT2D eigenvalue weighted by Crippen LogP contribution is -2.24. The van der Waals surface area contributed by atoms with E-state index < -0.39 is 0 Å². The average molecular weight is 1170 g/mol. The summed E-state index contributed by atoms with van der Waals surface area (Å²) in [6.45, 7) is 36.6. The SMILES string of the molecule is C=C(N=C(N=C(C)c1cc2c(c3ccccc13)-c1ccc3c(c1C2(C)C)C(C)(C)c1ccccc1-3)c1cc2c(c3ccccc13)-c1ccc3c(c1C2(C)C)C(C)(C)c1ccccc1-3)c1cc2c(c3ccccc13)-c1ccc3c(c1C2(C)C)C(C)(C)c1ccccc1-3. The van der Waals surface area contributed by atoms with Crippen molar-refractivity contribution in [3.63, 3.8) is 0 Å². The van der Waals surface area contributed by atoms with E-state index in [4.69, 9.17) is 16.6 Å². The normalized spacial score (nSPS) is 17.5. The second-order valence-corrected chi connectivity index (χ2v) is 30.4. The first-order valence-corrected chi connectivity index (χ1v) is 32.9. The van der Waals surface area contributed by atoms with Crippen LogP contribution in [0.5, 0.6) is 0 Å². The Balaban J connectivity index is 0.863. The molecular weight excluding hydrogens is 1100 g/mol. The molecule has 0 radical (unpaired) electrons. The van der Waals surface area contributed by atoms with Crippen molar-refractivity contribution in [1.29, 1.82) is 0 Å². The number of benzene rings is 12. The van der Waals surface area contributed by atoms with E-state index in [0.29, 0.717) is 11.5 Å². The number of nitrogens with zero attached hydrogens (tertiary/aromatic N) is 2. The molecular formula is C89H74N2. The third-order valence-electron chi connectivity index (χ3n) is 23.5. The summed E-state index contributed by atoms with van der Waals surface area (Å²) in [6, 6.07) is 76.2. The summed E-state index contributed by atoms with van der Waals surface area (Å²) in [7, 11) is 0. The Hall–Kier alpha value is -9.50. The van der Waals surface area contributed by atoms with E-state index >= 15 is 0 Å². The van der Waals surface area contributed by atoms with Gasteiger partial charge in [-0.1, -0.05) is 272 Å². The molecule has 6 aliphatic rings. The number of hydrogen-bond acceptors (Lipinski definition) is 1. The van der Waals surface area contributed by atoms with Crippen molar-refractivity contribution in [2.24, 2.45) is 9.98 Å². The Bertz CT molecular complexity index is 5480. The van der Waals surface area contributed by atoms with Gasteiger partial charge in [0.05, 0.1) is 5.70 Å². The van der Waals surface area contributed by atoms with E-state index in [9.17, 15) is 0 Å². The van der Waals surface area contributed by atoms with Crippen molar-refractivity contribution in [3.8, 4) is 66.8 Å². The number of amidine groups is 1. The maximum Gasteiger partial charge on any atom is 0.160 e. The molecule has 0 aromatic heterocycles. The molecule has 12 aromatic carbocycles. The largest absolute Gasteiger partial charge is 0.233 e. The van der Waals surface area contributed by atoms with Gasteiger partial charge in [-0.05, 0) is 191 Å². The van der Waals surface area contributed by atoms with E-state index in [1.807, 2.05) is 0 Å². The van der Waals surface area contributed by atoms with Crippen LogP contribution in [0.3, 0.4) is 0 Å². The molecule has 0 spiro atoms. The van der Waals surface area contributed by atoms with Crippen molar-refractivity contribution < 1.29 is 0 Å². The lowest BCUT2D eigenvalue weighted by Gasteiger charge is -2.31. The summed E-state index contributed by atoms with van der Waals surface area (Å²) in [5, 5.41) is 7.12. The third kappa shape index (κ3) is 6.73. The Morgan fingerprint density at radius 2 is 0.527 bits per heavy atom. The van der Waals surface area contributed by atoms with Gasteiger partial charge in [-0.2, -0.15) is 0 Å². The van der Waals surface area contributed by atoms with Gasteiger partial charge in [0.1, 0.15) is 0 Å². The van der Waals surface area contributed by atoms with E-state index in [1.54, 1.807) is 0 Å². The minimum Gasteiger partial charge on any atom is -0.233 e. The van der Waals surface area contributed by atoms with Crippen molar-refractivity contribution >= 4 is 49.6 Å². The minimum atomic E-state index is -0.366. The van der Waals surface area contributed by atoms with Gasteiger partial charge in [0.2, 0.25) is 0 Å². The van der Waals surface area contributed by atoms with Gasteiger partial charge in [0, 0.05) is 54.9 Å². The van der Waals surface area contributed by atoms with Gasteiger partial charge < -0.3 is 0 Å². The summed E-state index contributed by atoms with van der Waals surface area (Å²) in [6.07, 6.45) is 0. The van der Waals surface area contributed by atoms with Gasteiger partial charge >= 0.3 is 0 Å². The maximum atomic E-state index is 6.04. The molecule has 0 heterocycles. The topological polar surface area (TPSA) is 24.7 Å². The van der Waals surface area contributed by atoms with Crippen LogP contribution in [0.25, 0.3) is 105 Å². The van der Waals surface area contributed by atoms with Crippen LogP contribution in [0.15, 0.2) is 217 Å². The van der Waals surface area contributed by atoms with Crippen molar-refractivity contribution in [2.45, 2.75) is 122 Å². The molecule has 12 aromatic rings. The van der Waals surface area contributed by atoms with Crippen LogP contribution < -0.4 is 0 Å². The van der Waals surface area contributed by atoms with Crippen LogP contribution >= 0.6 is 0 Å². The van der Waals surface area contributed by atoms with Gasteiger partial charge in [-0.15, -0.1) is 0 Å². The molecule has 0 bridgehead atoms. The Labute approximate surface area is 535 Å². The molecule has 91 heavy (non-hydrogen) atoms. The fourth-order valence-electron chi connectivity index (χ4n) is 19.3. The van der Waals surface area contributed by atoms with Crippen LogP contribution in [0.4, 0.5) is 0 Å². The lowest BCUT2D eigenvalue weighted by atomic mass is 9.72. The molecule has 0 aliphatic heterocycles. The first kappa shape index (κ1) is 54.4. The highest BCUT2D eigenvalue weighted by Crippen LogP contribution is 2.64. The second kappa shape index (κ2) is 17.7. The van der Waals surface area contributed by atoms with Crippen LogP contribution in [0, 0.1) is 0 Å². The number of rotatable bonds is 4. The molecule has 0 N–H and O–H groups in total. The van der Waals surface area contributed by atoms with Gasteiger partial charge in [0.15, 0.2) is 5.84 Å². The monoisotopic (exact) mass is 1170 g/mol. The number of fused-ring (bicyclic) bond motifs is 27. The van der Waals surface area contributed by atoms with E-state index in [0.717, 1.165) is 33.2 Å². The minimum absolute atomic E-state index is 0.163. The van der Waals surface area contributed by atoms with Crippen molar-refractivity contribution in [3.05, 3.63) is 290 Å². The summed E-state index contributed by atoms with van der Waals surface area (Å²) in [5.41, 5.74) is 36.0. The fraction of sp³-hybridized carbons (Fsp3) is 0.213. The zero-order chi connectivity index (χ0) is 62.5. The summed E-state index contributed by atoms with van der Waals surface area (Å²) < 4.78 is 0. The highest BCUT2D eigenvalue weighted by Gasteiger charge is 2.50. The molecule has 0 saturated carbocycles. The van der Waals surface area contributed by atoms with Crippen LogP contribution in [0.2, 0.25) is 0 Å². The van der Waals surface area contributed by atoms with Crippen LogP contribution in [-0.2, 0) is 32.5 Å². The number of hydrogen-bond donors (Lipinski definition) is 0. The first-order chi connectivity index (χ1) is 43.5.